The molecule has 1 aromatic carbocycles. The highest BCUT2D eigenvalue weighted by molar-refractivity contribution is 7.20. The highest BCUT2D eigenvalue weighted by Gasteiger charge is 2.26. The Hall–Kier alpha value is -2.54. The van der Waals surface area contributed by atoms with Crippen molar-refractivity contribution >= 4 is 27.5 Å². The summed E-state index contributed by atoms with van der Waals surface area (Å²) in [7, 11) is 0. The van der Waals surface area contributed by atoms with Gasteiger partial charge in [0.2, 0.25) is 0 Å². The first-order chi connectivity index (χ1) is 12.2. The first-order valence-electron chi connectivity index (χ1n) is 8.36. The Bertz CT molecular complexity index is 924. The van der Waals surface area contributed by atoms with E-state index in [1.807, 2.05) is 29.2 Å². The zero-order valence-corrected chi connectivity index (χ0v) is 14.5. The molecule has 2 aromatic heterocycles. The van der Waals surface area contributed by atoms with Gasteiger partial charge in [-0.3, -0.25) is 14.2 Å². The predicted molar refractivity (Wildman–Crippen MR) is 96.7 cm³/mol. The van der Waals surface area contributed by atoms with Crippen molar-refractivity contribution in [2.24, 2.45) is 5.92 Å². The maximum Gasteiger partial charge on any atom is 0.282 e. The maximum absolute atomic E-state index is 12.7. The number of para-hydroxylation sites is 1. The molecule has 0 unspecified atom stereocenters. The molecule has 0 spiro atoms. The third kappa shape index (κ3) is 3.32. The highest BCUT2D eigenvalue weighted by Crippen LogP contribution is 2.25. The van der Waals surface area contributed by atoms with Gasteiger partial charge in [-0.15, -0.1) is 11.3 Å². The Morgan fingerprint density at radius 3 is 2.76 bits per heavy atom. The van der Waals surface area contributed by atoms with E-state index in [0.29, 0.717) is 30.6 Å². The van der Waals surface area contributed by atoms with Crippen LogP contribution in [0.15, 0.2) is 47.7 Å². The number of nitrogens with zero attached hydrogens (tertiary/aromatic N) is 4. The first-order valence-corrected chi connectivity index (χ1v) is 9.17. The molecule has 1 amide bonds. The Morgan fingerprint density at radius 2 is 2.00 bits per heavy atom. The molecular formula is C18H18N4O2S. The lowest BCUT2D eigenvalue weighted by Gasteiger charge is -2.31. The second kappa shape index (κ2) is 6.76. The smallest absolute Gasteiger partial charge is 0.282 e. The summed E-state index contributed by atoms with van der Waals surface area (Å²) >= 11 is 1.45. The van der Waals surface area contributed by atoms with Crippen LogP contribution in [-0.4, -0.2) is 38.4 Å². The maximum atomic E-state index is 12.7. The lowest BCUT2D eigenvalue weighted by atomic mass is 9.96. The molecule has 7 heteroatoms. The van der Waals surface area contributed by atoms with Gasteiger partial charge in [-0.05, 0) is 30.9 Å². The van der Waals surface area contributed by atoms with Gasteiger partial charge in [-0.2, -0.15) is 0 Å². The van der Waals surface area contributed by atoms with Crippen molar-refractivity contribution in [3.05, 3.63) is 58.2 Å². The van der Waals surface area contributed by atoms with Crippen LogP contribution in [0, 0.1) is 5.92 Å². The number of carbonyl (C=O) groups excluding carboxylic acids is 1. The number of fused-ring (bicyclic) bond motifs is 1. The zero-order valence-electron chi connectivity index (χ0n) is 13.7. The summed E-state index contributed by atoms with van der Waals surface area (Å²) in [5, 5.41) is 0.558. The molecule has 0 saturated carbocycles. The van der Waals surface area contributed by atoms with Crippen molar-refractivity contribution < 1.29 is 4.79 Å². The molecule has 128 valence electrons. The topological polar surface area (TPSA) is 68.1 Å². The van der Waals surface area contributed by atoms with Gasteiger partial charge in [0.05, 0.1) is 16.5 Å². The number of rotatable bonds is 3. The molecule has 0 aliphatic carbocycles. The summed E-state index contributed by atoms with van der Waals surface area (Å²) in [5.41, 5.74) is 0.852. The summed E-state index contributed by atoms with van der Waals surface area (Å²) in [5.74, 6) is 0.402. The molecular weight excluding hydrogens is 336 g/mol. The van der Waals surface area contributed by atoms with Gasteiger partial charge < -0.3 is 4.90 Å². The standard InChI is InChI=1S/C18H18N4O2S/c23-16-5-8-19-12-22(16)11-13-6-9-21(10-7-13)18(24)17-20-14-3-1-2-4-15(14)25-17/h1-5,8,12-13H,6-7,9-11H2. The molecule has 1 saturated heterocycles. The minimum atomic E-state index is -0.0250. The van der Waals surface area contributed by atoms with E-state index in [1.165, 1.54) is 23.6 Å². The second-order valence-electron chi connectivity index (χ2n) is 6.29. The Balaban J connectivity index is 1.40. The summed E-state index contributed by atoms with van der Waals surface area (Å²) < 4.78 is 2.69. The molecule has 0 atom stereocenters. The van der Waals surface area contributed by atoms with E-state index >= 15 is 0 Å². The Kier molecular flexibility index (Phi) is 4.31. The summed E-state index contributed by atoms with van der Waals surface area (Å²) in [6.07, 6.45) is 4.87. The molecule has 4 rings (SSSR count). The molecule has 0 bridgehead atoms. The fourth-order valence-electron chi connectivity index (χ4n) is 3.21. The fourth-order valence-corrected chi connectivity index (χ4v) is 4.14. The molecule has 1 aliphatic rings. The number of hydrogen-bond acceptors (Lipinski definition) is 5. The minimum absolute atomic E-state index is 0.0122. The van der Waals surface area contributed by atoms with Crippen LogP contribution in [0.4, 0.5) is 0 Å². The monoisotopic (exact) mass is 354 g/mol. The number of piperidine rings is 1. The number of hydrogen-bond donors (Lipinski definition) is 0. The Labute approximate surface area is 148 Å². The predicted octanol–water partition coefficient (Wildman–Crippen LogP) is 2.41. The quantitative estimate of drug-likeness (QED) is 0.724. The van der Waals surface area contributed by atoms with E-state index in [9.17, 15) is 9.59 Å². The molecule has 0 radical (unpaired) electrons. The van der Waals surface area contributed by atoms with Gasteiger partial charge in [0.1, 0.15) is 0 Å². The average molecular weight is 354 g/mol. The van der Waals surface area contributed by atoms with E-state index in [4.69, 9.17) is 0 Å². The van der Waals surface area contributed by atoms with Crippen LogP contribution in [0.5, 0.6) is 0 Å². The van der Waals surface area contributed by atoms with Crippen molar-refractivity contribution in [2.75, 3.05) is 13.1 Å². The van der Waals surface area contributed by atoms with Crippen molar-refractivity contribution in [3.63, 3.8) is 0 Å². The summed E-state index contributed by atoms with van der Waals surface area (Å²) in [6, 6.07) is 9.29. The van der Waals surface area contributed by atoms with E-state index in [1.54, 1.807) is 10.9 Å². The number of carbonyl (C=O) groups is 1. The highest BCUT2D eigenvalue weighted by atomic mass is 32.1. The van der Waals surface area contributed by atoms with Crippen molar-refractivity contribution in [1.29, 1.82) is 0 Å². The molecule has 3 heterocycles. The van der Waals surface area contributed by atoms with E-state index in [2.05, 4.69) is 9.97 Å². The average Bonchev–Trinajstić information content (AvgIpc) is 3.08. The van der Waals surface area contributed by atoms with Crippen LogP contribution in [0.3, 0.4) is 0 Å². The molecule has 1 fully saturated rings. The number of aromatic nitrogens is 3. The second-order valence-corrected chi connectivity index (χ2v) is 7.32. The first kappa shape index (κ1) is 16.0. The number of benzene rings is 1. The van der Waals surface area contributed by atoms with Gasteiger partial charge in [0, 0.05) is 31.9 Å². The van der Waals surface area contributed by atoms with Crippen LogP contribution in [-0.2, 0) is 6.54 Å². The number of amides is 1. The third-order valence-electron chi connectivity index (χ3n) is 4.63. The van der Waals surface area contributed by atoms with E-state index < -0.39 is 0 Å². The van der Waals surface area contributed by atoms with Crippen molar-refractivity contribution in [1.82, 2.24) is 19.4 Å². The van der Waals surface area contributed by atoms with Gasteiger partial charge >= 0.3 is 0 Å². The van der Waals surface area contributed by atoms with Crippen LogP contribution in [0.2, 0.25) is 0 Å². The van der Waals surface area contributed by atoms with Gasteiger partial charge in [-0.25, -0.2) is 9.97 Å². The SMILES string of the molecule is O=C(c1nc2ccccc2s1)N1CCC(Cn2cnccc2=O)CC1. The van der Waals surface area contributed by atoms with E-state index in [0.717, 1.165) is 23.1 Å². The molecule has 0 N–H and O–H groups in total. The van der Waals surface area contributed by atoms with Crippen molar-refractivity contribution in [2.45, 2.75) is 19.4 Å². The zero-order chi connectivity index (χ0) is 17.2. The summed E-state index contributed by atoms with van der Waals surface area (Å²) in [6.45, 7) is 2.07. The van der Waals surface area contributed by atoms with Gasteiger partial charge in [-0.1, -0.05) is 12.1 Å². The van der Waals surface area contributed by atoms with Crippen LogP contribution in [0.25, 0.3) is 10.2 Å². The number of thiazole rings is 1. The third-order valence-corrected chi connectivity index (χ3v) is 5.65. The number of likely N-dealkylation sites (tertiary alicyclic amines) is 1. The van der Waals surface area contributed by atoms with Crippen LogP contribution < -0.4 is 5.56 Å². The summed E-state index contributed by atoms with van der Waals surface area (Å²) in [4.78, 5) is 34.8. The van der Waals surface area contributed by atoms with Gasteiger partial charge in [0.25, 0.3) is 11.5 Å². The largest absolute Gasteiger partial charge is 0.337 e. The molecule has 25 heavy (non-hydrogen) atoms. The Morgan fingerprint density at radius 1 is 1.20 bits per heavy atom. The van der Waals surface area contributed by atoms with Crippen molar-refractivity contribution in [3.8, 4) is 0 Å². The molecule has 6 nitrogen and oxygen atoms in total. The normalized spacial score (nSPS) is 15.6. The molecule has 3 aromatic rings. The van der Waals surface area contributed by atoms with E-state index in [-0.39, 0.29) is 11.5 Å². The fraction of sp³-hybridized carbons (Fsp3) is 0.333. The lowest BCUT2D eigenvalue weighted by Crippen LogP contribution is -2.40. The van der Waals surface area contributed by atoms with Crippen LogP contribution in [0.1, 0.15) is 22.6 Å². The lowest BCUT2D eigenvalue weighted by molar-refractivity contribution is 0.0682. The van der Waals surface area contributed by atoms with Gasteiger partial charge in [0.15, 0.2) is 5.01 Å². The minimum Gasteiger partial charge on any atom is -0.337 e. The van der Waals surface area contributed by atoms with Crippen LogP contribution >= 0.6 is 11.3 Å². The molecule has 1 aliphatic heterocycles.